The molecule has 17 heteroatoms. The fourth-order valence-electron chi connectivity index (χ4n) is 8.27. The van der Waals surface area contributed by atoms with Crippen LogP contribution in [-0.4, -0.2) is 144 Å². The van der Waals surface area contributed by atoms with E-state index in [2.05, 4.69) is 15.3 Å². The number of aliphatic hydroxyl groups is 2. The molecule has 62 heavy (non-hydrogen) atoms. The summed E-state index contributed by atoms with van der Waals surface area (Å²) in [5, 5.41) is 43.3. The fourth-order valence-corrected chi connectivity index (χ4v) is 8.27. The molecule has 5 aliphatic rings. The van der Waals surface area contributed by atoms with Gasteiger partial charge in [-0.05, 0) is 19.9 Å². The Morgan fingerprint density at radius 1 is 0.952 bits per heavy atom. The number of nitrogens with zero attached hydrogens (tertiary/aromatic N) is 3. The first-order valence-electron chi connectivity index (χ1n) is 20.8. The van der Waals surface area contributed by atoms with Gasteiger partial charge in [0.1, 0.15) is 23.3 Å². The minimum Gasteiger partial charge on any atom is -0.507 e. The van der Waals surface area contributed by atoms with Gasteiger partial charge in [0, 0.05) is 95.6 Å². The standard InChI is InChI=1S/C45H60N4O13/c1-23-12-11-13-24(2)44(57)47-35-30(22-46-49-17-15-48(16-18-49)19-21-58-9)39(54)32-33(40(35)55)38(53)28(6)42-34(32)43(56)45(8,62-42)60-20-14-31(59-10)25(3)41(61-29(7)50)27(5)37(52)26(4)36(23)51/h11-14,20,22-23,25-27,31,36-37,41,51-53H,15-19,21H2,1-10H3,(H,47,57)/b12-11+,20-14+,24-13-,46-22+/t23-,25+,26+,27+,31-,36-,37+,41+,45-/m0/s1. The molecule has 338 valence electrons. The monoisotopic (exact) mass is 864 g/mol. The molecule has 1 amide bonds. The van der Waals surface area contributed by atoms with Gasteiger partial charge in [-0.15, -0.1) is 0 Å². The number of carbonyl (C=O) groups is 5. The van der Waals surface area contributed by atoms with E-state index in [0.29, 0.717) is 32.8 Å². The first kappa shape index (κ1) is 47.8. The largest absolute Gasteiger partial charge is 0.507 e. The Hall–Kier alpha value is -5.20. The van der Waals surface area contributed by atoms with Gasteiger partial charge in [0.05, 0.1) is 59.7 Å². The normalized spacial score (nSPS) is 32.3. The van der Waals surface area contributed by atoms with Crippen LogP contribution in [0.25, 0.3) is 0 Å². The highest BCUT2D eigenvalue weighted by Crippen LogP contribution is 2.48. The van der Waals surface area contributed by atoms with Crippen LogP contribution in [0.3, 0.4) is 0 Å². The number of Topliss-reactive ketones (excluding diaryl/α,β-unsaturated/α-hetero) is 3. The molecule has 5 bridgehead atoms. The van der Waals surface area contributed by atoms with Crippen LogP contribution in [0, 0.1) is 30.6 Å². The Bertz CT molecular complexity index is 2080. The summed E-state index contributed by atoms with van der Waals surface area (Å²) < 4.78 is 28.7. The number of phenolic OH excluding ortho intramolecular Hbond substituents is 1. The Morgan fingerprint density at radius 3 is 2.26 bits per heavy atom. The molecule has 4 N–H and O–H groups in total. The van der Waals surface area contributed by atoms with Gasteiger partial charge in [-0.1, -0.05) is 45.9 Å². The Morgan fingerprint density at radius 2 is 1.63 bits per heavy atom. The summed E-state index contributed by atoms with van der Waals surface area (Å²) in [7, 11) is 3.05. The zero-order valence-electron chi connectivity index (χ0n) is 37.1. The smallest absolute Gasteiger partial charge is 0.312 e. The van der Waals surface area contributed by atoms with Crippen LogP contribution in [0.5, 0.6) is 11.5 Å². The lowest BCUT2D eigenvalue weighted by Crippen LogP contribution is -2.46. The lowest BCUT2D eigenvalue weighted by Gasteiger charge is -2.38. The molecule has 0 radical (unpaired) electrons. The summed E-state index contributed by atoms with van der Waals surface area (Å²) >= 11 is 0. The van der Waals surface area contributed by atoms with E-state index in [1.54, 1.807) is 52.0 Å². The van der Waals surface area contributed by atoms with Crippen molar-refractivity contribution in [2.45, 2.75) is 85.6 Å². The summed E-state index contributed by atoms with van der Waals surface area (Å²) in [6, 6.07) is 0. The highest BCUT2D eigenvalue weighted by molar-refractivity contribution is 6.37. The van der Waals surface area contributed by atoms with Crippen molar-refractivity contribution in [3.05, 3.63) is 69.7 Å². The molecule has 0 spiro atoms. The van der Waals surface area contributed by atoms with Gasteiger partial charge in [0.2, 0.25) is 5.78 Å². The van der Waals surface area contributed by atoms with Crippen molar-refractivity contribution in [3.8, 4) is 11.5 Å². The number of piperazine rings is 1. The minimum absolute atomic E-state index is 0.0175. The summed E-state index contributed by atoms with van der Waals surface area (Å²) in [6.45, 7) is 15.9. The van der Waals surface area contributed by atoms with E-state index in [9.17, 15) is 39.3 Å². The van der Waals surface area contributed by atoms with Crippen molar-refractivity contribution in [1.82, 2.24) is 15.2 Å². The van der Waals surface area contributed by atoms with Crippen LogP contribution in [0.1, 0.15) is 85.1 Å². The second kappa shape index (κ2) is 19.9. The van der Waals surface area contributed by atoms with Crippen molar-refractivity contribution >= 4 is 35.4 Å². The van der Waals surface area contributed by atoms with E-state index in [4.69, 9.17) is 23.7 Å². The molecule has 0 unspecified atom stereocenters. The number of ether oxygens (including phenoxy) is 5. The zero-order chi connectivity index (χ0) is 45.8. The predicted molar refractivity (Wildman–Crippen MR) is 227 cm³/mol. The number of methoxy groups -OCH3 is 2. The molecular weight excluding hydrogens is 805 g/mol. The third-order valence-corrected chi connectivity index (χ3v) is 12.3. The number of aliphatic hydroxyl groups excluding tert-OH is 2. The number of esters is 1. The number of hydrazone groups is 1. The number of hydrogen-bond donors (Lipinski definition) is 4. The summed E-state index contributed by atoms with van der Waals surface area (Å²) in [5.74, 6) is -9.43. The second-order valence-electron chi connectivity index (χ2n) is 16.6. The number of nitrogens with one attached hydrogen (secondary N) is 1. The lowest BCUT2D eigenvalue weighted by atomic mass is 9.78. The highest BCUT2D eigenvalue weighted by Gasteiger charge is 2.52. The van der Waals surface area contributed by atoms with Gasteiger partial charge < -0.3 is 44.3 Å². The van der Waals surface area contributed by atoms with Crippen molar-refractivity contribution < 1.29 is 63.0 Å². The third-order valence-electron chi connectivity index (χ3n) is 12.3. The zero-order valence-corrected chi connectivity index (χ0v) is 37.1. The molecule has 9 atom stereocenters. The third kappa shape index (κ3) is 9.71. The summed E-state index contributed by atoms with van der Waals surface area (Å²) in [5.41, 5.74) is -1.87. The molecule has 17 nitrogen and oxygen atoms in total. The van der Waals surface area contributed by atoms with Crippen molar-refractivity contribution in [2.75, 3.05) is 53.6 Å². The SMILES string of the molecule is COCCN1CCN(/N=C/C2=C3NC(=O)/C(C)=C\C=C\[C@H](C)[C@H](O)[C@@H](C)[C@@H](O)[C@@H](C)[C@H](OC(C)=O)[C@H](C)[C@@H](OC)/C=C/O[C@@]4(C)Oc5c(C)c(O)c(c(c5C4=O)C2=O)C3=O)CC1. The topological polar surface area (TPSA) is 223 Å². The van der Waals surface area contributed by atoms with Gasteiger partial charge in [-0.2, -0.15) is 5.10 Å². The van der Waals surface area contributed by atoms with Crippen LogP contribution in [0.15, 0.2) is 52.5 Å². The molecule has 1 aliphatic carbocycles. The second-order valence-corrected chi connectivity index (χ2v) is 16.6. The number of carbonyl (C=O) groups excluding carboxylic acids is 5. The quantitative estimate of drug-likeness (QED) is 0.228. The number of allylic oxidation sites excluding steroid dienone is 4. The molecule has 0 aromatic heterocycles. The summed E-state index contributed by atoms with van der Waals surface area (Å²) in [6.07, 6.45) is 4.53. The molecule has 1 saturated heterocycles. The van der Waals surface area contributed by atoms with E-state index >= 15 is 0 Å². The molecule has 0 saturated carbocycles. The molecule has 6 rings (SSSR count). The van der Waals surface area contributed by atoms with E-state index in [0.717, 1.165) is 6.54 Å². The Labute approximate surface area is 362 Å². The number of phenols is 1. The van der Waals surface area contributed by atoms with E-state index < -0.39 is 106 Å². The maximum Gasteiger partial charge on any atom is 0.312 e. The van der Waals surface area contributed by atoms with Crippen LogP contribution in [-0.2, 0) is 28.5 Å². The van der Waals surface area contributed by atoms with Crippen molar-refractivity contribution in [1.29, 1.82) is 0 Å². The molecular formula is C45H60N4O13. The Balaban J connectivity index is 1.63. The number of aromatic hydroxyl groups is 1. The predicted octanol–water partition coefficient (Wildman–Crippen LogP) is 3.25. The minimum atomic E-state index is -2.10. The number of rotatable bonds is 7. The van der Waals surface area contributed by atoms with Crippen LogP contribution in [0.2, 0.25) is 0 Å². The van der Waals surface area contributed by atoms with Crippen molar-refractivity contribution in [3.63, 3.8) is 0 Å². The van der Waals surface area contributed by atoms with E-state index in [1.165, 1.54) is 59.4 Å². The van der Waals surface area contributed by atoms with E-state index in [1.807, 2.05) is 0 Å². The van der Waals surface area contributed by atoms with Gasteiger partial charge in [0.15, 0.2) is 5.78 Å². The first-order valence-corrected chi connectivity index (χ1v) is 20.8. The maximum absolute atomic E-state index is 14.7. The number of benzene rings is 1. The average molecular weight is 865 g/mol. The van der Waals surface area contributed by atoms with Gasteiger partial charge >= 0.3 is 11.8 Å². The van der Waals surface area contributed by atoms with Crippen molar-refractivity contribution in [2.24, 2.45) is 28.8 Å². The number of hydrogen-bond acceptors (Lipinski definition) is 16. The van der Waals surface area contributed by atoms with Crippen LogP contribution in [0.4, 0.5) is 0 Å². The Kier molecular flexibility index (Phi) is 15.3. The van der Waals surface area contributed by atoms with Crippen LogP contribution >= 0.6 is 0 Å². The van der Waals surface area contributed by atoms with E-state index in [-0.39, 0.29) is 28.0 Å². The van der Waals surface area contributed by atoms with Crippen LogP contribution < -0.4 is 10.1 Å². The maximum atomic E-state index is 14.7. The number of fused-ring (bicyclic) bond motifs is 14. The van der Waals surface area contributed by atoms with Gasteiger partial charge in [0.25, 0.3) is 11.7 Å². The highest BCUT2D eigenvalue weighted by atomic mass is 16.7. The number of amides is 1. The molecule has 4 heterocycles. The lowest BCUT2D eigenvalue weighted by molar-refractivity contribution is -0.160. The molecule has 4 aliphatic heterocycles. The summed E-state index contributed by atoms with van der Waals surface area (Å²) in [4.78, 5) is 72.0. The number of ketones is 3. The molecule has 1 aromatic carbocycles. The van der Waals surface area contributed by atoms with Gasteiger partial charge in [-0.3, -0.25) is 33.9 Å². The fraction of sp³-hybridized carbons (Fsp3) is 0.556. The molecule has 1 aromatic rings. The molecule has 1 fully saturated rings. The van der Waals surface area contributed by atoms with Gasteiger partial charge in [-0.25, -0.2) is 0 Å². The first-order chi connectivity index (χ1) is 29.3. The average Bonchev–Trinajstić information content (AvgIpc) is 3.51.